The summed E-state index contributed by atoms with van der Waals surface area (Å²) in [4.78, 5) is 8.97. The standard InChI is InChI=1S/C22H23FN6/c23-17-8-6-16(7-9-17)20-14-21-26-19-5-2-1-4-18(19)22(29(21)27-20)25-10-3-12-28-13-11-24-15-28/h6-9,11,13-15,25H,1-5,10,12H2. The van der Waals surface area contributed by atoms with Gasteiger partial charge in [-0.05, 0) is 56.4 Å². The van der Waals surface area contributed by atoms with Crippen LogP contribution in [0, 0.1) is 5.82 Å². The fourth-order valence-electron chi connectivity index (χ4n) is 3.98. The molecule has 3 heterocycles. The second-order valence-corrected chi connectivity index (χ2v) is 7.48. The Kier molecular flexibility index (Phi) is 4.71. The molecule has 1 aromatic carbocycles. The van der Waals surface area contributed by atoms with Crippen molar-refractivity contribution in [3.63, 3.8) is 0 Å². The van der Waals surface area contributed by atoms with Gasteiger partial charge in [0.15, 0.2) is 5.65 Å². The average Bonchev–Trinajstić information content (AvgIpc) is 3.40. The van der Waals surface area contributed by atoms with Gasteiger partial charge in [0.05, 0.1) is 12.0 Å². The second kappa shape index (κ2) is 7.66. The van der Waals surface area contributed by atoms with Gasteiger partial charge in [0.1, 0.15) is 11.6 Å². The Morgan fingerprint density at radius 1 is 1.10 bits per heavy atom. The molecule has 0 unspecified atom stereocenters. The van der Waals surface area contributed by atoms with Crippen molar-refractivity contribution >= 4 is 11.5 Å². The summed E-state index contributed by atoms with van der Waals surface area (Å²) < 4.78 is 17.3. The molecule has 7 heteroatoms. The van der Waals surface area contributed by atoms with Crippen LogP contribution in [0.3, 0.4) is 0 Å². The van der Waals surface area contributed by atoms with Crippen LogP contribution < -0.4 is 5.32 Å². The first-order valence-electron chi connectivity index (χ1n) is 10.1. The lowest BCUT2D eigenvalue weighted by Gasteiger charge is -2.20. The summed E-state index contributed by atoms with van der Waals surface area (Å²) in [5.41, 5.74) is 4.98. The lowest BCUT2D eigenvalue weighted by atomic mass is 9.96. The van der Waals surface area contributed by atoms with Gasteiger partial charge in [-0.1, -0.05) is 0 Å². The molecule has 5 rings (SSSR count). The number of hydrogen-bond donors (Lipinski definition) is 1. The van der Waals surface area contributed by atoms with Crippen molar-refractivity contribution in [1.82, 2.24) is 24.1 Å². The van der Waals surface area contributed by atoms with Crippen molar-refractivity contribution in [3.8, 4) is 11.3 Å². The Labute approximate surface area is 168 Å². The molecule has 148 valence electrons. The molecule has 6 nitrogen and oxygen atoms in total. The molecule has 0 spiro atoms. The molecular weight excluding hydrogens is 367 g/mol. The maximum absolute atomic E-state index is 13.3. The Morgan fingerprint density at radius 2 is 1.97 bits per heavy atom. The number of rotatable bonds is 6. The molecule has 0 atom stereocenters. The van der Waals surface area contributed by atoms with E-state index in [9.17, 15) is 4.39 Å². The first-order chi connectivity index (χ1) is 14.3. The number of nitrogens with zero attached hydrogens (tertiary/aromatic N) is 5. The fraction of sp³-hybridized carbons (Fsp3) is 0.318. The number of aryl methyl sites for hydroxylation is 2. The van der Waals surface area contributed by atoms with Crippen molar-refractivity contribution in [1.29, 1.82) is 0 Å². The molecule has 29 heavy (non-hydrogen) atoms. The van der Waals surface area contributed by atoms with Crippen molar-refractivity contribution < 1.29 is 4.39 Å². The number of hydrogen-bond acceptors (Lipinski definition) is 4. The summed E-state index contributed by atoms with van der Waals surface area (Å²) in [5, 5.41) is 8.42. The fourth-order valence-corrected chi connectivity index (χ4v) is 3.98. The zero-order valence-corrected chi connectivity index (χ0v) is 16.2. The monoisotopic (exact) mass is 390 g/mol. The van der Waals surface area contributed by atoms with Gasteiger partial charge in [-0.15, -0.1) is 0 Å². The molecule has 1 aliphatic rings. The van der Waals surface area contributed by atoms with E-state index in [1.165, 1.54) is 36.2 Å². The molecular formula is C22H23FN6. The van der Waals surface area contributed by atoms with Gasteiger partial charge in [-0.25, -0.2) is 14.4 Å². The summed E-state index contributed by atoms with van der Waals surface area (Å²) in [6.07, 6.45) is 11.0. The minimum atomic E-state index is -0.244. The van der Waals surface area contributed by atoms with E-state index in [0.29, 0.717) is 0 Å². The van der Waals surface area contributed by atoms with Crippen molar-refractivity contribution in [2.24, 2.45) is 0 Å². The maximum atomic E-state index is 13.3. The number of imidazole rings is 1. The van der Waals surface area contributed by atoms with E-state index < -0.39 is 0 Å². The van der Waals surface area contributed by atoms with Crippen molar-refractivity contribution in [3.05, 3.63) is 66.1 Å². The van der Waals surface area contributed by atoms with Crippen LogP contribution in [-0.2, 0) is 19.4 Å². The SMILES string of the molecule is Fc1ccc(-c2cc3nc4c(c(NCCCn5ccnc5)n3n2)CCCC4)cc1. The van der Waals surface area contributed by atoms with E-state index in [2.05, 4.69) is 14.9 Å². The number of halogens is 1. The van der Waals surface area contributed by atoms with E-state index in [-0.39, 0.29) is 5.82 Å². The van der Waals surface area contributed by atoms with Crippen LogP contribution in [-0.4, -0.2) is 30.7 Å². The smallest absolute Gasteiger partial charge is 0.158 e. The highest BCUT2D eigenvalue weighted by molar-refractivity contribution is 5.67. The summed E-state index contributed by atoms with van der Waals surface area (Å²) in [6.45, 7) is 1.76. The molecule has 1 aliphatic carbocycles. The van der Waals surface area contributed by atoms with E-state index in [0.717, 1.165) is 55.1 Å². The molecule has 3 aromatic heterocycles. The third kappa shape index (κ3) is 3.60. The van der Waals surface area contributed by atoms with Gasteiger partial charge < -0.3 is 9.88 Å². The largest absolute Gasteiger partial charge is 0.370 e. The molecule has 1 N–H and O–H groups in total. The van der Waals surface area contributed by atoms with Crippen LogP contribution in [0.5, 0.6) is 0 Å². The number of nitrogens with one attached hydrogen (secondary N) is 1. The van der Waals surface area contributed by atoms with Crippen LogP contribution in [0.15, 0.2) is 49.1 Å². The van der Waals surface area contributed by atoms with Crippen molar-refractivity contribution in [2.75, 3.05) is 11.9 Å². The first kappa shape index (κ1) is 17.8. The number of fused-ring (bicyclic) bond motifs is 2. The third-order valence-corrected chi connectivity index (χ3v) is 5.46. The van der Waals surface area contributed by atoms with Gasteiger partial charge in [0.25, 0.3) is 0 Å². The number of anilines is 1. The quantitative estimate of drug-likeness (QED) is 0.503. The molecule has 0 saturated heterocycles. The second-order valence-electron chi connectivity index (χ2n) is 7.48. The lowest BCUT2D eigenvalue weighted by Crippen LogP contribution is -2.16. The summed E-state index contributed by atoms with van der Waals surface area (Å²) >= 11 is 0. The third-order valence-electron chi connectivity index (χ3n) is 5.46. The average molecular weight is 390 g/mol. The van der Waals surface area contributed by atoms with E-state index in [4.69, 9.17) is 10.1 Å². The predicted octanol–water partition coefficient (Wildman–Crippen LogP) is 4.11. The van der Waals surface area contributed by atoms with Crippen LogP contribution >= 0.6 is 0 Å². The zero-order valence-electron chi connectivity index (χ0n) is 16.2. The Morgan fingerprint density at radius 3 is 2.79 bits per heavy atom. The van der Waals surface area contributed by atoms with Gasteiger partial charge in [0.2, 0.25) is 0 Å². The Hall–Kier alpha value is -3.22. The molecule has 0 radical (unpaired) electrons. The Balaban J connectivity index is 1.46. The highest BCUT2D eigenvalue weighted by Crippen LogP contribution is 2.30. The van der Waals surface area contributed by atoms with Crippen molar-refractivity contribution in [2.45, 2.75) is 38.6 Å². The number of aromatic nitrogens is 5. The lowest BCUT2D eigenvalue weighted by molar-refractivity contribution is 0.628. The summed E-state index contributed by atoms with van der Waals surface area (Å²) in [5.74, 6) is 0.801. The van der Waals surface area contributed by atoms with E-state index in [1.54, 1.807) is 18.3 Å². The summed E-state index contributed by atoms with van der Waals surface area (Å²) in [7, 11) is 0. The molecule has 0 saturated carbocycles. The van der Waals surface area contributed by atoms with E-state index in [1.807, 2.05) is 23.1 Å². The zero-order chi connectivity index (χ0) is 19.6. The molecule has 0 fully saturated rings. The Bertz CT molecular complexity index is 1110. The van der Waals surface area contributed by atoms with Crippen LogP contribution in [0.2, 0.25) is 0 Å². The van der Waals surface area contributed by atoms with E-state index >= 15 is 0 Å². The van der Waals surface area contributed by atoms with Crippen LogP contribution in [0.4, 0.5) is 10.2 Å². The highest BCUT2D eigenvalue weighted by atomic mass is 19.1. The van der Waals surface area contributed by atoms with Gasteiger partial charge in [-0.3, -0.25) is 0 Å². The molecule has 0 bridgehead atoms. The van der Waals surface area contributed by atoms with Gasteiger partial charge in [0, 0.05) is 48.4 Å². The predicted molar refractivity (Wildman–Crippen MR) is 110 cm³/mol. The molecule has 0 aliphatic heterocycles. The minimum absolute atomic E-state index is 0.244. The maximum Gasteiger partial charge on any atom is 0.158 e. The van der Waals surface area contributed by atoms with Gasteiger partial charge in [-0.2, -0.15) is 9.61 Å². The van der Waals surface area contributed by atoms with Gasteiger partial charge >= 0.3 is 0 Å². The molecule has 4 aromatic rings. The van der Waals surface area contributed by atoms with Crippen LogP contribution in [0.25, 0.3) is 16.9 Å². The normalized spacial score (nSPS) is 13.6. The number of benzene rings is 1. The summed E-state index contributed by atoms with van der Waals surface area (Å²) in [6, 6.07) is 8.43. The first-order valence-corrected chi connectivity index (χ1v) is 10.1. The topological polar surface area (TPSA) is 60.0 Å². The minimum Gasteiger partial charge on any atom is -0.370 e. The molecule has 0 amide bonds. The highest BCUT2D eigenvalue weighted by Gasteiger charge is 2.20. The van der Waals surface area contributed by atoms with Crippen LogP contribution in [0.1, 0.15) is 30.5 Å².